The van der Waals surface area contributed by atoms with E-state index in [4.69, 9.17) is 4.74 Å². The van der Waals surface area contributed by atoms with Crippen LogP contribution in [0.3, 0.4) is 0 Å². The Hall–Kier alpha value is -3.10. The molecule has 1 aliphatic heterocycles. The van der Waals surface area contributed by atoms with Crippen molar-refractivity contribution in [1.82, 2.24) is 15.5 Å². The maximum Gasteiger partial charge on any atom is 0.410 e. The first-order valence-corrected chi connectivity index (χ1v) is 11.6. The highest BCUT2D eigenvalue weighted by Gasteiger charge is 2.45. The second-order valence-corrected chi connectivity index (χ2v) is 10.2. The SMILES string of the molecule is CC(C)[C@@H](NC(=O)[C@@H](C)NC(=O)C1(c2ccccc2)CCN(C(=O)OC(C)(C)C)CC1)C(=O)O. The second-order valence-electron chi connectivity index (χ2n) is 10.2. The molecule has 3 amide bonds. The molecule has 1 saturated heterocycles. The Bertz CT molecular complexity index is 886. The van der Waals surface area contributed by atoms with Crippen molar-refractivity contribution in [3.8, 4) is 0 Å². The predicted molar refractivity (Wildman–Crippen MR) is 127 cm³/mol. The summed E-state index contributed by atoms with van der Waals surface area (Å²) in [6, 6.07) is 7.31. The van der Waals surface area contributed by atoms with Crippen LogP contribution in [0.5, 0.6) is 0 Å². The maximum atomic E-state index is 13.6. The van der Waals surface area contributed by atoms with E-state index in [9.17, 15) is 24.3 Å². The Labute approximate surface area is 201 Å². The van der Waals surface area contributed by atoms with E-state index in [-0.39, 0.29) is 11.8 Å². The number of aliphatic carboxylic acids is 1. The van der Waals surface area contributed by atoms with Crippen LogP contribution in [0.2, 0.25) is 0 Å². The van der Waals surface area contributed by atoms with E-state index >= 15 is 0 Å². The van der Waals surface area contributed by atoms with Gasteiger partial charge in [0.25, 0.3) is 0 Å². The largest absolute Gasteiger partial charge is 0.480 e. The third-order valence-electron chi connectivity index (χ3n) is 6.00. The van der Waals surface area contributed by atoms with E-state index < -0.39 is 41.1 Å². The number of ether oxygens (including phenoxy) is 1. The van der Waals surface area contributed by atoms with Crippen molar-refractivity contribution in [3.05, 3.63) is 35.9 Å². The molecule has 0 spiro atoms. The fraction of sp³-hybridized carbons (Fsp3) is 0.600. The lowest BCUT2D eigenvalue weighted by Gasteiger charge is -2.41. The van der Waals surface area contributed by atoms with Crippen molar-refractivity contribution in [2.24, 2.45) is 5.92 Å². The zero-order chi connectivity index (χ0) is 25.7. The van der Waals surface area contributed by atoms with E-state index in [0.29, 0.717) is 25.9 Å². The van der Waals surface area contributed by atoms with Crippen molar-refractivity contribution >= 4 is 23.9 Å². The molecule has 0 aromatic heterocycles. The van der Waals surface area contributed by atoms with Crippen molar-refractivity contribution < 1.29 is 29.0 Å². The first-order valence-electron chi connectivity index (χ1n) is 11.6. The summed E-state index contributed by atoms with van der Waals surface area (Å²) < 4.78 is 5.47. The third-order valence-corrected chi connectivity index (χ3v) is 6.00. The quantitative estimate of drug-likeness (QED) is 0.557. The summed E-state index contributed by atoms with van der Waals surface area (Å²) in [5.74, 6) is -2.33. The lowest BCUT2D eigenvalue weighted by molar-refractivity contribution is -0.143. The minimum atomic E-state index is -1.13. The second kappa shape index (κ2) is 10.9. The molecule has 0 unspecified atom stereocenters. The van der Waals surface area contributed by atoms with Gasteiger partial charge >= 0.3 is 12.1 Å². The number of hydrogen-bond donors (Lipinski definition) is 3. The van der Waals surface area contributed by atoms with E-state index in [1.807, 2.05) is 30.3 Å². The van der Waals surface area contributed by atoms with Crippen LogP contribution in [0.15, 0.2) is 30.3 Å². The lowest BCUT2D eigenvalue weighted by Crippen LogP contribution is -2.58. The predicted octanol–water partition coefficient (Wildman–Crippen LogP) is 2.69. The van der Waals surface area contributed by atoms with Gasteiger partial charge in [0.05, 0.1) is 5.41 Å². The van der Waals surface area contributed by atoms with Gasteiger partial charge in [-0.1, -0.05) is 44.2 Å². The van der Waals surface area contributed by atoms with Crippen molar-refractivity contribution in [2.45, 2.75) is 77.5 Å². The minimum absolute atomic E-state index is 0.308. The van der Waals surface area contributed by atoms with E-state index in [0.717, 1.165) is 5.56 Å². The van der Waals surface area contributed by atoms with Gasteiger partial charge in [-0.25, -0.2) is 9.59 Å². The minimum Gasteiger partial charge on any atom is -0.480 e. The molecule has 1 aliphatic rings. The topological polar surface area (TPSA) is 125 Å². The standard InChI is InChI=1S/C25H37N3O6/c1-16(2)19(21(30)31)27-20(29)17(3)26-22(32)25(18-10-8-7-9-11-18)12-14-28(15-13-25)23(33)34-24(4,5)6/h7-11,16-17,19H,12-15H2,1-6H3,(H,26,32)(H,27,29)(H,30,31)/t17-,19-/m1/s1. The monoisotopic (exact) mass is 475 g/mol. The molecule has 0 radical (unpaired) electrons. The van der Waals surface area contributed by atoms with Gasteiger partial charge < -0.3 is 25.4 Å². The normalized spacial score (nSPS) is 17.4. The number of nitrogens with one attached hydrogen (secondary N) is 2. The van der Waals surface area contributed by atoms with Crippen molar-refractivity contribution in [2.75, 3.05) is 13.1 Å². The van der Waals surface area contributed by atoms with Gasteiger partial charge in [0.1, 0.15) is 17.7 Å². The number of piperidine rings is 1. The van der Waals surface area contributed by atoms with Crippen molar-refractivity contribution in [1.29, 1.82) is 0 Å². The summed E-state index contributed by atoms with van der Waals surface area (Å²) >= 11 is 0. The molecule has 9 nitrogen and oxygen atoms in total. The number of carboxylic acids is 1. The van der Waals surface area contributed by atoms with Crippen LogP contribution in [0.4, 0.5) is 4.79 Å². The number of rotatable bonds is 7. The number of nitrogens with zero attached hydrogens (tertiary/aromatic N) is 1. The Balaban J connectivity index is 2.18. The molecule has 188 valence electrons. The molecule has 3 N–H and O–H groups in total. The average Bonchev–Trinajstić information content (AvgIpc) is 2.76. The highest BCUT2D eigenvalue weighted by atomic mass is 16.6. The van der Waals surface area contributed by atoms with Gasteiger partial charge in [-0.2, -0.15) is 0 Å². The molecular weight excluding hydrogens is 438 g/mol. The maximum absolute atomic E-state index is 13.6. The van der Waals surface area contributed by atoms with Gasteiger partial charge in [-0.3, -0.25) is 9.59 Å². The molecule has 1 aromatic carbocycles. The molecule has 1 heterocycles. The molecule has 0 bridgehead atoms. The number of hydrogen-bond acceptors (Lipinski definition) is 5. The smallest absolute Gasteiger partial charge is 0.410 e. The summed E-state index contributed by atoms with van der Waals surface area (Å²) in [5.41, 5.74) is -0.748. The van der Waals surface area contributed by atoms with Crippen molar-refractivity contribution in [3.63, 3.8) is 0 Å². The van der Waals surface area contributed by atoms with E-state index in [1.54, 1.807) is 39.5 Å². The van der Waals surface area contributed by atoms with Gasteiger partial charge in [-0.05, 0) is 52.0 Å². The third kappa shape index (κ3) is 6.71. The summed E-state index contributed by atoms with van der Waals surface area (Å²) in [4.78, 5) is 51.7. The van der Waals surface area contributed by atoms with Crippen LogP contribution in [-0.4, -0.2) is 64.7 Å². The summed E-state index contributed by atoms with van der Waals surface area (Å²) in [7, 11) is 0. The van der Waals surface area contributed by atoms with Crippen LogP contribution < -0.4 is 10.6 Å². The van der Waals surface area contributed by atoms with Crippen LogP contribution in [-0.2, 0) is 24.5 Å². The van der Waals surface area contributed by atoms with Crippen LogP contribution in [0, 0.1) is 5.92 Å². The highest BCUT2D eigenvalue weighted by molar-refractivity contribution is 5.94. The fourth-order valence-corrected chi connectivity index (χ4v) is 3.99. The lowest BCUT2D eigenvalue weighted by atomic mass is 9.72. The number of likely N-dealkylation sites (tertiary alicyclic amines) is 1. The zero-order valence-corrected chi connectivity index (χ0v) is 20.9. The molecule has 2 atom stereocenters. The van der Waals surface area contributed by atoms with Gasteiger partial charge in [0.2, 0.25) is 11.8 Å². The van der Waals surface area contributed by atoms with E-state index in [2.05, 4.69) is 10.6 Å². The van der Waals surface area contributed by atoms with E-state index in [1.165, 1.54) is 6.92 Å². The number of amides is 3. The molecule has 1 fully saturated rings. The Morgan fingerprint density at radius 1 is 1.00 bits per heavy atom. The van der Waals surface area contributed by atoms with Crippen LogP contribution in [0.1, 0.15) is 59.9 Å². The Kier molecular flexibility index (Phi) is 8.69. The van der Waals surface area contributed by atoms with Gasteiger partial charge in [0.15, 0.2) is 0 Å². The van der Waals surface area contributed by atoms with Crippen LogP contribution in [0.25, 0.3) is 0 Å². The molecule has 2 rings (SSSR count). The molecule has 34 heavy (non-hydrogen) atoms. The molecule has 0 aliphatic carbocycles. The first kappa shape index (κ1) is 27.1. The van der Waals surface area contributed by atoms with Gasteiger partial charge in [0, 0.05) is 13.1 Å². The molecular formula is C25H37N3O6. The number of carbonyl (C=O) groups is 4. The van der Waals surface area contributed by atoms with Gasteiger partial charge in [-0.15, -0.1) is 0 Å². The Morgan fingerprint density at radius 3 is 2.03 bits per heavy atom. The average molecular weight is 476 g/mol. The number of carbonyl (C=O) groups excluding carboxylic acids is 3. The summed E-state index contributed by atoms with van der Waals surface area (Å²) in [6.07, 6.45) is 0.302. The summed E-state index contributed by atoms with van der Waals surface area (Å²) in [6.45, 7) is 11.0. The molecule has 9 heteroatoms. The number of carboxylic acid groups (broad SMARTS) is 1. The highest BCUT2D eigenvalue weighted by Crippen LogP contribution is 2.36. The summed E-state index contributed by atoms with van der Waals surface area (Å²) in [5, 5.41) is 14.6. The Morgan fingerprint density at radius 2 is 1.56 bits per heavy atom. The van der Waals surface area contributed by atoms with Crippen LogP contribution >= 0.6 is 0 Å². The number of benzene rings is 1. The fourth-order valence-electron chi connectivity index (χ4n) is 3.99. The first-order chi connectivity index (χ1) is 15.8. The molecule has 0 saturated carbocycles. The molecule has 1 aromatic rings. The zero-order valence-electron chi connectivity index (χ0n) is 20.9.